The second-order valence-corrected chi connectivity index (χ2v) is 7.07. The molecule has 7 heteroatoms. The van der Waals surface area contributed by atoms with Gasteiger partial charge in [0.25, 0.3) is 0 Å². The minimum Gasteiger partial charge on any atom is -0.480 e. The molecule has 2 aromatic rings. The average Bonchev–Trinajstić information content (AvgIpc) is 3.05. The van der Waals surface area contributed by atoms with E-state index < -0.39 is 5.97 Å². The summed E-state index contributed by atoms with van der Waals surface area (Å²) in [7, 11) is 1.84. The Labute approximate surface area is 159 Å². The van der Waals surface area contributed by atoms with Crippen molar-refractivity contribution in [3.05, 3.63) is 48.3 Å². The Morgan fingerprint density at radius 1 is 1.22 bits per heavy atom. The predicted octanol–water partition coefficient (Wildman–Crippen LogP) is 1.81. The lowest BCUT2D eigenvalue weighted by Gasteiger charge is -2.25. The Kier molecular flexibility index (Phi) is 6.24. The largest absolute Gasteiger partial charge is 0.480 e. The standard InChI is InChI=1S/C20H26N4O3/c1-22(15-20(26)27)17-4-2-11-23(13-9-17)19(25)14-16-5-7-18(8-6-16)24-12-3-10-21-24/h3,5-8,10,12,17H,2,4,9,11,13-15H2,1H3,(H,26,27). The summed E-state index contributed by atoms with van der Waals surface area (Å²) in [5.74, 6) is -0.684. The molecule has 144 valence electrons. The van der Waals surface area contributed by atoms with Crippen molar-refractivity contribution in [2.24, 2.45) is 0 Å². The molecule has 1 N–H and O–H groups in total. The number of aliphatic carboxylic acids is 1. The third kappa shape index (κ3) is 5.17. The van der Waals surface area contributed by atoms with Gasteiger partial charge >= 0.3 is 5.97 Å². The summed E-state index contributed by atoms with van der Waals surface area (Å²) < 4.78 is 1.79. The van der Waals surface area contributed by atoms with Crippen molar-refractivity contribution < 1.29 is 14.7 Å². The van der Waals surface area contributed by atoms with Crippen LogP contribution in [0, 0.1) is 0 Å². The van der Waals surface area contributed by atoms with Crippen LogP contribution in [0.15, 0.2) is 42.7 Å². The van der Waals surface area contributed by atoms with Crippen LogP contribution < -0.4 is 0 Å². The SMILES string of the molecule is CN(CC(=O)O)C1CCCN(C(=O)Cc2ccc(-n3cccn3)cc2)CC1. The highest BCUT2D eigenvalue weighted by Crippen LogP contribution is 2.17. The van der Waals surface area contributed by atoms with E-state index in [1.54, 1.807) is 10.9 Å². The number of rotatable bonds is 6. The molecule has 3 rings (SSSR count). The smallest absolute Gasteiger partial charge is 0.317 e. The predicted molar refractivity (Wildman–Crippen MR) is 102 cm³/mol. The van der Waals surface area contributed by atoms with Gasteiger partial charge in [0.15, 0.2) is 0 Å². The minimum absolute atomic E-state index is 0.0429. The van der Waals surface area contributed by atoms with Crippen LogP contribution in [0.25, 0.3) is 5.69 Å². The third-order valence-electron chi connectivity index (χ3n) is 5.12. The molecule has 1 unspecified atom stereocenters. The molecule has 0 bridgehead atoms. The molecule has 0 saturated carbocycles. The first-order valence-electron chi connectivity index (χ1n) is 9.31. The van der Waals surface area contributed by atoms with E-state index in [-0.39, 0.29) is 18.5 Å². The molecule has 2 heterocycles. The van der Waals surface area contributed by atoms with Gasteiger partial charge in [0.05, 0.1) is 18.7 Å². The van der Waals surface area contributed by atoms with Crippen molar-refractivity contribution in [3.8, 4) is 5.69 Å². The molecular weight excluding hydrogens is 344 g/mol. The van der Waals surface area contributed by atoms with Crippen LogP contribution >= 0.6 is 0 Å². The molecular formula is C20H26N4O3. The molecule has 1 atom stereocenters. The molecule has 0 aliphatic carbocycles. The number of benzene rings is 1. The highest BCUT2D eigenvalue weighted by atomic mass is 16.4. The summed E-state index contributed by atoms with van der Waals surface area (Å²) in [5.41, 5.74) is 1.95. The van der Waals surface area contributed by atoms with Crippen LogP contribution in [0.3, 0.4) is 0 Å². The summed E-state index contributed by atoms with van der Waals surface area (Å²) in [5, 5.41) is 13.2. The fourth-order valence-corrected chi connectivity index (χ4v) is 3.59. The molecule has 1 aliphatic heterocycles. The number of likely N-dealkylation sites (N-methyl/N-ethyl adjacent to an activating group) is 1. The Hall–Kier alpha value is -2.67. The summed E-state index contributed by atoms with van der Waals surface area (Å²) in [4.78, 5) is 27.4. The van der Waals surface area contributed by atoms with Crippen molar-refractivity contribution in [2.75, 3.05) is 26.7 Å². The second kappa shape index (κ2) is 8.81. The Morgan fingerprint density at radius 2 is 2.00 bits per heavy atom. The van der Waals surface area contributed by atoms with Crippen LogP contribution in [0.1, 0.15) is 24.8 Å². The first kappa shape index (κ1) is 19.1. The van der Waals surface area contributed by atoms with E-state index in [1.165, 1.54) is 0 Å². The number of carboxylic acid groups (broad SMARTS) is 1. The quantitative estimate of drug-likeness (QED) is 0.839. The molecule has 27 heavy (non-hydrogen) atoms. The maximum Gasteiger partial charge on any atom is 0.317 e. The lowest BCUT2D eigenvalue weighted by Crippen LogP contribution is -2.37. The fourth-order valence-electron chi connectivity index (χ4n) is 3.59. The van der Waals surface area contributed by atoms with Crippen LogP contribution in [-0.2, 0) is 16.0 Å². The average molecular weight is 370 g/mol. The van der Waals surface area contributed by atoms with Crippen molar-refractivity contribution >= 4 is 11.9 Å². The van der Waals surface area contributed by atoms with Gasteiger partial charge in [-0.15, -0.1) is 0 Å². The Morgan fingerprint density at radius 3 is 2.67 bits per heavy atom. The van der Waals surface area contributed by atoms with Gasteiger partial charge in [0, 0.05) is 31.5 Å². The topological polar surface area (TPSA) is 78.7 Å². The van der Waals surface area contributed by atoms with Gasteiger partial charge in [-0.2, -0.15) is 5.10 Å². The van der Waals surface area contributed by atoms with Crippen LogP contribution in [-0.4, -0.2) is 69.3 Å². The molecule has 1 aromatic carbocycles. The highest BCUT2D eigenvalue weighted by molar-refractivity contribution is 5.78. The number of carboxylic acids is 1. The van der Waals surface area contributed by atoms with E-state index in [1.807, 2.05) is 53.4 Å². The number of carbonyl (C=O) groups is 2. The van der Waals surface area contributed by atoms with Gasteiger partial charge in [-0.3, -0.25) is 14.5 Å². The van der Waals surface area contributed by atoms with Crippen molar-refractivity contribution in [3.63, 3.8) is 0 Å². The number of hydrogen-bond donors (Lipinski definition) is 1. The third-order valence-corrected chi connectivity index (χ3v) is 5.12. The summed E-state index contributed by atoms with van der Waals surface area (Å²) in [6, 6.07) is 9.96. The first-order valence-corrected chi connectivity index (χ1v) is 9.31. The van der Waals surface area contributed by atoms with Gasteiger partial charge in [-0.1, -0.05) is 12.1 Å². The number of likely N-dealkylation sites (tertiary alicyclic amines) is 1. The van der Waals surface area contributed by atoms with Crippen LogP contribution in [0.4, 0.5) is 0 Å². The molecule has 1 amide bonds. The van der Waals surface area contributed by atoms with Gasteiger partial charge in [-0.05, 0) is 50.1 Å². The number of amides is 1. The van der Waals surface area contributed by atoms with E-state index in [4.69, 9.17) is 5.11 Å². The Balaban J connectivity index is 1.54. The molecule has 0 spiro atoms. The van der Waals surface area contributed by atoms with E-state index >= 15 is 0 Å². The van der Waals surface area contributed by atoms with Crippen molar-refractivity contribution in [1.82, 2.24) is 19.6 Å². The summed E-state index contributed by atoms with van der Waals surface area (Å²) >= 11 is 0. The highest BCUT2D eigenvalue weighted by Gasteiger charge is 2.24. The minimum atomic E-state index is -0.812. The van der Waals surface area contributed by atoms with E-state index in [0.717, 1.165) is 37.1 Å². The lowest BCUT2D eigenvalue weighted by atomic mass is 10.1. The molecule has 1 aliphatic rings. The molecule has 1 fully saturated rings. The zero-order valence-corrected chi connectivity index (χ0v) is 15.6. The van der Waals surface area contributed by atoms with Gasteiger partial charge < -0.3 is 10.0 Å². The zero-order valence-electron chi connectivity index (χ0n) is 15.6. The molecule has 0 radical (unpaired) electrons. The lowest BCUT2D eigenvalue weighted by molar-refractivity contribution is -0.138. The number of aromatic nitrogens is 2. The maximum atomic E-state index is 12.7. The van der Waals surface area contributed by atoms with Crippen molar-refractivity contribution in [1.29, 1.82) is 0 Å². The van der Waals surface area contributed by atoms with Gasteiger partial charge in [0.1, 0.15) is 0 Å². The van der Waals surface area contributed by atoms with Crippen molar-refractivity contribution in [2.45, 2.75) is 31.7 Å². The molecule has 7 nitrogen and oxygen atoms in total. The fraction of sp³-hybridized carbons (Fsp3) is 0.450. The van der Waals surface area contributed by atoms with Gasteiger partial charge in [-0.25, -0.2) is 4.68 Å². The molecule has 1 aromatic heterocycles. The maximum absolute atomic E-state index is 12.7. The zero-order chi connectivity index (χ0) is 19.2. The Bertz CT molecular complexity index is 758. The number of nitrogens with zero attached hydrogens (tertiary/aromatic N) is 4. The number of carbonyl (C=O) groups excluding carboxylic acids is 1. The van der Waals surface area contributed by atoms with Crippen LogP contribution in [0.2, 0.25) is 0 Å². The normalized spacial score (nSPS) is 17.7. The first-order chi connectivity index (χ1) is 13.0. The summed E-state index contributed by atoms with van der Waals surface area (Å²) in [6.45, 7) is 1.46. The number of hydrogen-bond acceptors (Lipinski definition) is 4. The molecule has 1 saturated heterocycles. The summed E-state index contributed by atoms with van der Waals surface area (Å²) in [6.07, 6.45) is 6.64. The second-order valence-electron chi connectivity index (χ2n) is 7.07. The van der Waals surface area contributed by atoms with E-state index in [2.05, 4.69) is 5.10 Å². The monoisotopic (exact) mass is 370 g/mol. The van der Waals surface area contributed by atoms with Crippen LogP contribution in [0.5, 0.6) is 0 Å². The van der Waals surface area contributed by atoms with E-state index in [9.17, 15) is 9.59 Å². The van der Waals surface area contributed by atoms with Gasteiger partial charge in [0.2, 0.25) is 5.91 Å². The van der Waals surface area contributed by atoms with E-state index in [0.29, 0.717) is 13.0 Å².